The molecule has 0 aromatic heterocycles. The van der Waals surface area contributed by atoms with Crippen LogP contribution in [0.1, 0.15) is 38.5 Å². The van der Waals surface area contributed by atoms with Gasteiger partial charge in [-0.2, -0.15) is 0 Å². The monoisotopic (exact) mass is 356 g/mol. The second-order valence-electron chi connectivity index (χ2n) is 5.34. The summed E-state index contributed by atoms with van der Waals surface area (Å²) in [4.78, 5) is 17.4. The Bertz CT molecular complexity index is 283. The van der Waals surface area contributed by atoms with Crippen LogP contribution in [0.25, 0.3) is 0 Å². The summed E-state index contributed by atoms with van der Waals surface area (Å²) in [6.07, 6.45) is 5.70. The molecular formula is C15H33O7P. The molecule has 0 saturated heterocycles. The van der Waals surface area contributed by atoms with E-state index in [4.69, 9.17) is 28.7 Å². The Hall–Kier alpha value is -0.0100. The summed E-state index contributed by atoms with van der Waals surface area (Å²) >= 11 is 0. The van der Waals surface area contributed by atoms with Crippen molar-refractivity contribution in [2.45, 2.75) is 38.5 Å². The van der Waals surface area contributed by atoms with Crippen LogP contribution in [0.3, 0.4) is 0 Å². The maximum atomic E-state index is 10.6. The number of hydrogen-bond donors (Lipinski definition) is 2. The Morgan fingerprint density at radius 1 is 0.652 bits per heavy atom. The third-order valence-electron chi connectivity index (χ3n) is 3.16. The first-order valence-electron chi connectivity index (χ1n) is 8.33. The lowest BCUT2D eigenvalue weighted by Crippen LogP contribution is -2.11. The van der Waals surface area contributed by atoms with E-state index in [0.717, 1.165) is 38.7 Å². The molecule has 0 aliphatic heterocycles. The molecule has 0 bridgehead atoms. The van der Waals surface area contributed by atoms with Crippen LogP contribution in [0.5, 0.6) is 0 Å². The lowest BCUT2D eigenvalue weighted by Gasteiger charge is -2.07. The summed E-state index contributed by atoms with van der Waals surface area (Å²) in [7, 11) is -2.16. The first kappa shape index (κ1) is 23.0. The van der Waals surface area contributed by atoms with Crippen LogP contribution in [-0.4, -0.2) is 69.3 Å². The molecule has 0 heterocycles. The predicted octanol–water partition coefficient (Wildman–Crippen LogP) is 2.20. The fourth-order valence-corrected chi connectivity index (χ4v) is 2.55. The van der Waals surface area contributed by atoms with Gasteiger partial charge in [0.15, 0.2) is 0 Å². The molecule has 0 unspecified atom stereocenters. The fraction of sp³-hybridized carbons (Fsp3) is 1.00. The van der Waals surface area contributed by atoms with Gasteiger partial charge in [-0.25, -0.2) is 0 Å². The number of ether oxygens (including phenoxy) is 4. The third-order valence-corrected chi connectivity index (χ3v) is 4.06. The summed E-state index contributed by atoms with van der Waals surface area (Å²) < 4.78 is 31.6. The molecule has 0 spiro atoms. The zero-order valence-corrected chi connectivity index (χ0v) is 15.2. The first-order chi connectivity index (χ1) is 11.1. The van der Waals surface area contributed by atoms with Crippen LogP contribution in [0.15, 0.2) is 0 Å². The van der Waals surface area contributed by atoms with Crippen molar-refractivity contribution in [3.63, 3.8) is 0 Å². The minimum absolute atomic E-state index is 0.00747. The van der Waals surface area contributed by atoms with E-state index in [0.29, 0.717) is 46.1 Å². The Morgan fingerprint density at radius 3 is 1.61 bits per heavy atom. The Labute approximate surface area is 139 Å². The van der Waals surface area contributed by atoms with Gasteiger partial charge in [0.05, 0.1) is 39.6 Å². The first-order valence-corrected chi connectivity index (χ1v) is 10.1. The number of unbranched alkanes of at least 4 members (excludes halogenated alkanes) is 5. The van der Waals surface area contributed by atoms with Gasteiger partial charge in [0.25, 0.3) is 0 Å². The van der Waals surface area contributed by atoms with E-state index in [9.17, 15) is 4.57 Å². The van der Waals surface area contributed by atoms with Crippen LogP contribution in [-0.2, 0) is 23.5 Å². The highest BCUT2D eigenvalue weighted by Gasteiger charge is 2.10. The highest BCUT2D eigenvalue weighted by Crippen LogP contribution is 2.35. The van der Waals surface area contributed by atoms with Crippen LogP contribution in [0.2, 0.25) is 0 Å². The standard InChI is InChI=1S/C15H33O7P/c1-19-9-10-21-13-14-22-12-11-20-8-6-4-2-3-5-7-15-23(16,17)18/h2-15H2,1H3,(H2,16,17,18). The number of rotatable bonds is 18. The summed E-state index contributed by atoms with van der Waals surface area (Å²) in [6.45, 7) is 4.25. The Morgan fingerprint density at radius 2 is 1.09 bits per heavy atom. The Kier molecular flexibility index (Phi) is 16.8. The van der Waals surface area contributed by atoms with Gasteiger partial charge in [-0.05, 0) is 12.8 Å². The smallest absolute Gasteiger partial charge is 0.325 e. The van der Waals surface area contributed by atoms with Gasteiger partial charge < -0.3 is 28.7 Å². The minimum Gasteiger partial charge on any atom is -0.382 e. The second kappa shape index (κ2) is 16.8. The van der Waals surface area contributed by atoms with Gasteiger partial charge in [0, 0.05) is 19.9 Å². The topological polar surface area (TPSA) is 94.5 Å². The maximum absolute atomic E-state index is 10.6. The van der Waals surface area contributed by atoms with Crippen molar-refractivity contribution in [3.05, 3.63) is 0 Å². The van der Waals surface area contributed by atoms with E-state index in [1.165, 1.54) is 0 Å². The molecular weight excluding hydrogens is 323 g/mol. The van der Waals surface area contributed by atoms with Crippen molar-refractivity contribution in [3.8, 4) is 0 Å². The molecule has 0 atom stereocenters. The van der Waals surface area contributed by atoms with Crippen molar-refractivity contribution in [1.82, 2.24) is 0 Å². The molecule has 7 nitrogen and oxygen atoms in total. The third kappa shape index (κ3) is 22.0. The van der Waals surface area contributed by atoms with Gasteiger partial charge in [-0.1, -0.05) is 25.7 Å². The van der Waals surface area contributed by atoms with Crippen LogP contribution < -0.4 is 0 Å². The number of hydrogen-bond acceptors (Lipinski definition) is 5. The fourth-order valence-electron chi connectivity index (χ4n) is 1.91. The quantitative estimate of drug-likeness (QED) is 0.287. The van der Waals surface area contributed by atoms with Crippen LogP contribution >= 0.6 is 7.60 Å². The molecule has 0 radical (unpaired) electrons. The lowest BCUT2D eigenvalue weighted by molar-refractivity contribution is 0.00323. The molecule has 0 saturated carbocycles. The van der Waals surface area contributed by atoms with E-state index >= 15 is 0 Å². The largest absolute Gasteiger partial charge is 0.382 e. The highest BCUT2D eigenvalue weighted by atomic mass is 31.2. The van der Waals surface area contributed by atoms with E-state index in [1.807, 2.05) is 0 Å². The van der Waals surface area contributed by atoms with Crippen LogP contribution in [0.4, 0.5) is 0 Å². The molecule has 0 rings (SSSR count). The summed E-state index contributed by atoms with van der Waals surface area (Å²) in [5.41, 5.74) is 0. The van der Waals surface area contributed by atoms with E-state index in [2.05, 4.69) is 0 Å². The molecule has 0 aliphatic rings. The van der Waals surface area contributed by atoms with Crippen molar-refractivity contribution in [1.29, 1.82) is 0 Å². The van der Waals surface area contributed by atoms with Gasteiger partial charge in [-0.3, -0.25) is 4.57 Å². The maximum Gasteiger partial charge on any atom is 0.325 e. The average molecular weight is 356 g/mol. The van der Waals surface area contributed by atoms with Crippen molar-refractivity contribution < 1.29 is 33.3 Å². The van der Waals surface area contributed by atoms with Gasteiger partial charge in [0.2, 0.25) is 0 Å². The zero-order valence-electron chi connectivity index (χ0n) is 14.3. The van der Waals surface area contributed by atoms with Crippen molar-refractivity contribution in [2.75, 3.05) is 59.5 Å². The van der Waals surface area contributed by atoms with Crippen molar-refractivity contribution >= 4 is 7.60 Å². The van der Waals surface area contributed by atoms with Gasteiger partial charge >= 0.3 is 7.60 Å². The van der Waals surface area contributed by atoms with E-state index in [-0.39, 0.29) is 6.16 Å². The molecule has 140 valence electrons. The normalized spacial score (nSPS) is 12.0. The summed E-state index contributed by atoms with van der Waals surface area (Å²) in [5, 5.41) is 0. The average Bonchev–Trinajstić information content (AvgIpc) is 2.49. The van der Waals surface area contributed by atoms with Gasteiger partial charge in [-0.15, -0.1) is 0 Å². The van der Waals surface area contributed by atoms with Gasteiger partial charge in [0.1, 0.15) is 0 Å². The zero-order chi connectivity index (χ0) is 17.2. The molecule has 23 heavy (non-hydrogen) atoms. The summed E-state index contributed by atoms with van der Waals surface area (Å²) in [5.74, 6) is 0. The van der Waals surface area contributed by atoms with Crippen molar-refractivity contribution in [2.24, 2.45) is 0 Å². The lowest BCUT2D eigenvalue weighted by atomic mass is 10.1. The minimum atomic E-state index is -3.80. The molecule has 0 aliphatic carbocycles. The van der Waals surface area contributed by atoms with Crippen LogP contribution in [0, 0.1) is 0 Å². The molecule has 8 heteroatoms. The molecule has 0 aromatic rings. The molecule has 0 fully saturated rings. The highest BCUT2D eigenvalue weighted by molar-refractivity contribution is 7.51. The molecule has 0 aromatic carbocycles. The summed E-state index contributed by atoms with van der Waals surface area (Å²) in [6, 6.07) is 0. The Balaban J connectivity index is 3.01. The molecule has 0 amide bonds. The number of methoxy groups -OCH3 is 1. The van der Waals surface area contributed by atoms with E-state index in [1.54, 1.807) is 7.11 Å². The predicted molar refractivity (Wildman–Crippen MR) is 88.9 cm³/mol. The SMILES string of the molecule is COCCOCCOCCOCCCCCCCCP(=O)(O)O. The van der Waals surface area contributed by atoms with E-state index < -0.39 is 7.60 Å². The molecule has 2 N–H and O–H groups in total. The second-order valence-corrected chi connectivity index (χ2v) is 7.12.